The zero-order valence-corrected chi connectivity index (χ0v) is 8.81. The van der Waals surface area contributed by atoms with Gasteiger partial charge in [-0.2, -0.15) is 0 Å². The number of nitrogens with two attached hydrogens (primary N) is 2. The fourth-order valence-electron chi connectivity index (χ4n) is 2.30. The van der Waals surface area contributed by atoms with Gasteiger partial charge in [0.05, 0.1) is 5.75 Å². The summed E-state index contributed by atoms with van der Waals surface area (Å²) in [6.07, 6.45) is 2.84. The highest BCUT2D eigenvalue weighted by molar-refractivity contribution is 7.89. The molecule has 13 heavy (non-hydrogen) atoms. The van der Waals surface area contributed by atoms with Crippen LogP contribution in [0, 0.1) is 11.3 Å². The summed E-state index contributed by atoms with van der Waals surface area (Å²) < 4.78 is 22.0. The lowest BCUT2D eigenvalue weighted by Gasteiger charge is -2.25. The van der Waals surface area contributed by atoms with E-state index in [1.54, 1.807) is 0 Å². The van der Waals surface area contributed by atoms with E-state index in [2.05, 4.69) is 6.92 Å². The summed E-state index contributed by atoms with van der Waals surface area (Å²) in [5, 5.41) is 5.04. The molecule has 4 nitrogen and oxygen atoms in total. The van der Waals surface area contributed by atoms with E-state index in [1.165, 1.54) is 0 Å². The molecule has 0 heterocycles. The minimum Gasteiger partial charge on any atom is -0.330 e. The largest absolute Gasteiger partial charge is 0.330 e. The van der Waals surface area contributed by atoms with Crippen LogP contribution in [0.5, 0.6) is 0 Å². The van der Waals surface area contributed by atoms with Gasteiger partial charge in [0.1, 0.15) is 0 Å². The van der Waals surface area contributed by atoms with Crippen LogP contribution in [0.4, 0.5) is 0 Å². The van der Waals surface area contributed by atoms with E-state index in [9.17, 15) is 8.42 Å². The van der Waals surface area contributed by atoms with Crippen molar-refractivity contribution in [2.45, 2.75) is 26.2 Å². The van der Waals surface area contributed by atoms with Crippen molar-refractivity contribution in [1.29, 1.82) is 0 Å². The summed E-state index contributed by atoms with van der Waals surface area (Å²) in [6.45, 7) is 2.55. The predicted molar refractivity (Wildman–Crippen MR) is 52.5 cm³/mol. The standard InChI is InChI=1S/C8H18N2O2S/c1-7-2-3-8(4-7,5-9)6-13(10,11)12/h7H,2-6,9H2,1H3,(H2,10,11,12). The molecule has 5 heteroatoms. The van der Waals surface area contributed by atoms with Gasteiger partial charge in [0, 0.05) is 0 Å². The lowest BCUT2D eigenvalue weighted by atomic mass is 9.88. The van der Waals surface area contributed by atoms with E-state index in [4.69, 9.17) is 10.9 Å². The average molecular weight is 206 g/mol. The minimum absolute atomic E-state index is 0.0425. The molecule has 1 fully saturated rings. The molecule has 78 valence electrons. The van der Waals surface area contributed by atoms with Gasteiger partial charge in [0.15, 0.2) is 0 Å². The van der Waals surface area contributed by atoms with Gasteiger partial charge in [-0.1, -0.05) is 13.3 Å². The molecule has 0 radical (unpaired) electrons. The maximum absolute atomic E-state index is 11.0. The summed E-state index contributed by atoms with van der Waals surface area (Å²) in [5.41, 5.74) is 5.38. The highest BCUT2D eigenvalue weighted by atomic mass is 32.2. The number of primary sulfonamides is 1. The van der Waals surface area contributed by atoms with Crippen molar-refractivity contribution in [3.05, 3.63) is 0 Å². The molecule has 0 spiro atoms. The molecular formula is C8H18N2O2S. The van der Waals surface area contributed by atoms with Crippen LogP contribution in [0.3, 0.4) is 0 Å². The normalized spacial score (nSPS) is 35.2. The summed E-state index contributed by atoms with van der Waals surface area (Å²) >= 11 is 0. The maximum Gasteiger partial charge on any atom is 0.209 e. The van der Waals surface area contributed by atoms with Crippen molar-refractivity contribution >= 4 is 10.0 Å². The quantitative estimate of drug-likeness (QED) is 0.683. The van der Waals surface area contributed by atoms with Crippen LogP contribution in [0.25, 0.3) is 0 Å². The molecule has 0 saturated heterocycles. The van der Waals surface area contributed by atoms with E-state index in [0.29, 0.717) is 12.5 Å². The van der Waals surface area contributed by atoms with Crippen LogP contribution >= 0.6 is 0 Å². The molecule has 0 aliphatic heterocycles. The Morgan fingerprint density at radius 1 is 1.54 bits per heavy atom. The van der Waals surface area contributed by atoms with Gasteiger partial charge < -0.3 is 5.73 Å². The Labute approximate surface area is 79.7 Å². The molecule has 1 aliphatic rings. The van der Waals surface area contributed by atoms with Gasteiger partial charge in [0.2, 0.25) is 10.0 Å². The molecule has 0 aromatic heterocycles. The molecule has 4 N–H and O–H groups in total. The van der Waals surface area contributed by atoms with Crippen molar-refractivity contribution in [3.63, 3.8) is 0 Å². The smallest absolute Gasteiger partial charge is 0.209 e. The Kier molecular flexibility index (Phi) is 2.99. The molecule has 0 amide bonds. The van der Waals surface area contributed by atoms with Crippen LogP contribution in [0.2, 0.25) is 0 Å². The van der Waals surface area contributed by atoms with E-state index in [1.807, 2.05) is 0 Å². The fourth-order valence-corrected chi connectivity index (χ4v) is 3.53. The second-order valence-corrected chi connectivity index (χ2v) is 5.97. The fraction of sp³-hybridized carbons (Fsp3) is 1.00. The van der Waals surface area contributed by atoms with Gasteiger partial charge in [-0.05, 0) is 30.7 Å². The highest BCUT2D eigenvalue weighted by Gasteiger charge is 2.39. The van der Waals surface area contributed by atoms with Crippen molar-refractivity contribution in [2.75, 3.05) is 12.3 Å². The Morgan fingerprint density at radius 2 is 2.15 bits per heavy atom. The molecule has 0 aromatic carbocycles. The first-order valence-corrected chi connectivity index (χ1v) is 6.29. The molecule has 1 rings (SSSR count). The number of sulfonamides is 1. The van der Waals surface area contributed by atoms with Crippen molar-refractivity contribution in [2.24, 2.45) is 22.2 Å². The van der Waals surface area contributed by atoms with Crippen LogP contribution in [-0.4, -0.2) is 20.7 Å². The lowest BCUT2D eigenvalue weighted by Crippen LogP contribution is -2.37. The highest BCUT2D eigenvalue weighted by Crippen LogP contribution is 2.41. The molecular weight excluding hydrogens is 188 g/mol. The molecule has 0 aromatic rings. The van der Waals surface area contributed by atoms with Gasteiger partial charge >= 0.3 is 0 Å². The van der Waals surface area contributed by atoms with E-state index < -0.39 is 10.0 Å². The number of hydrogen-bond donors (Lipinski definition) is 2. The van der Waals surface area contributed by atoms with Gasteiger partial charge in [0.25, 0.3) is 0 Å². The van der Waals surface area contributed by atoms with Crippen molar-refractivity contribution < 1.29 is 8.42 Å². The second kappa shape index (κ2) is 3.55. The van der Waals surface area contributed by atoms with Crippen LogP contribution in [0.15, 0.2) is 0 Å². The van der Waals surface area contributed by atoms with Crippen molar-refractivity contribution in [1.82, 2.24) is 0 Å². The third-order valence-electron chi connectivity index (χ3n) is 2.89. The Balaban J connectivity index is 2.72. The first-order chi connectivity index (χ1) is 5.87. The van der Waals surface area contributed by atoms with Crippen LogP contribution < -0.4 is 10.9 Å². The third kappa shape index (κ3) is 2.93. The summed E-state index contributed by atoms with van der Waals surface area (Å²) in [5.74, 6) is 0.617. The first-order valence-electron chi connectivity index (χ1n) is 4.57. The van der Waals surface area contributed by atoms with Crippen molar-refractivity contribution in [3.8, 4) is 0 Å². The predicted octanol–water partition coefficient (Wildman–Crippen LogP) is 0.0400. The van der Waals surface area contributed by atoms with Gasteiger partial charge in [-0.3, -0.25) is 0 Å². The number of rotatable bonds is 3. The third-order valence-corrected chi connectivity index (χ3v) is 3.90. The number of hydrogen-bond acceptors (Lipinski definition) is 3. The molecule has 1 aliphatic carbocycles. The lowest BCUT2D eigenvalue weighted by molar-refractivity contribution is 0.338. The topological polar surface area (TPSA) is 86.2 Å². The van der Waals surface area contributed by atoms with E-state index >= 15 is 0 Å². The van der Waals surface area contributed by atoms with Crippen LogP contribution in [-0.2, 0) is 10.0 Å². The first kappa shape index (κ1) is 10.9. The summed E-state index contributed by atoms with van der Waals surface area (Å²) in [7, 11) is -3.38. The van der Waals surface area contributed by atoms with E-state index in [-0.39, 0.29) is 11.2 Å². The SMILES string of the molecule is CC1CCC(CN)(CS(N)(=O)=O)C1. The zero-order chi connectivity index (χ0) is 10.1. The average Bonchev–Trinajstić information content (AvgIpc) is 2.29. The van der Waals surface area contributed by atoms with Crippen LogP contribution in [0.1, 0.15) is 26.2 Å². The maximum atomic E-state index is 11.0. The second-order valence-electron chi connectivity index (χ2n) is 4.36. The molecule has 1 saturated carbocycles. The van der Waals surface area contributed by atoms with Gasteiger partial charge in [-0.15, -0.1) is 0 Å². The monoisotopic (exact) mass is 206 g/mol. The summed E-state index contributed by atoms with van der Waals surface area (Å²) in [4.78, 5) is 0. The minimum atomic E-state index is -3.38. The Morgan fingerprint density at radius 3 is 2.46 bits per heavy atom. The van der Waals surface area contributed by atoms with Gasteiger partial charge in [-0.25, -0.2) is 13.6 Å². The zero-order valence-electron chi connectivity index (χ0n) is 7.99. The van der Waals surface area contributed by atoms with E-state index in [0.717, 1.165) is 19.3 Å². The Bertz CT molecular complexity index is 276. The molecule has 2 atom stereocenters. The molecule has 2 unspecified atom stereocenters. The summed E-state index contributed by atoms with van der Waals surface area (Å²) in [6, 6.07) is 0. The molecule has 0 bridgehead atoms. The Hall–Kier alpha value is -0.130.